The fourth-order valence-corrected chi connectivity index (χ4v) is 3.06. The summed E-state index contributed by atoms with van der Waals surface area (Å²) in [6.07, 6.45) is 3.71. The fraction of sp³-hybridized carbons (Fsp3) is 0.500. The molecule has 134 valence electrons. The number of aryl methyl sites for hydroxylation is 1. The first-order valence-corrected chi connectivity index (χ1v) is 9.32. The number of hydrogen-bond donors (Lipinski definition) is 2. The van der Waals surface area contributed by atoms with Gasteiger partial charge >= 0.3 is 0 Å². The van der Waals surface area contributed by atoms with Crippen LogP contribution in [0.4, 0.5) is 23.1 Å². The molecule has 0 bridgehead atoms. The summed E-state index contributed by atoms with van der Waals surface area (Å²) in [5.41, 5.74) is 3.31. The molecule has 2 heterocycles. The third kappa shape index (κ3) is 5.08. The third-order valence-electron chi connectivity index (χ3n) is 4.47. The Morgan fingerprint density at radius 1 is 1.08 bits per heavy atom. The summed E-state index contributed by atoms with van der Waals surface area (Å²) in [6, 6.07) is 10.6. The van der Waals surface area contributed by atoms with E-state index in [0.717, 1.165) is 30.2 Å². The van der Waals surface area contributed by atoms with Gasteiger partial charge in [-0.1, -0.05) is 13.8 Å². The molecular formula is C20H29N5. The molecule has 2 N–H and O–H groups in total. The van der Waals surface area contributed by atoms with E-state index in [1.54, 1.807) is 0 Å². The summed E-state index contributed by atoms with van der Waals surface area (Å²) in [5.74, 6) is 2.19. The number of nitrogens with one attached hydrogen (secondary N) is 2. The second kappa shape index (κ2) is 8.19. The summed E-state index contributed by atoms with van der Waals surface area (Å²) < 4.78 is 0. The Kier molecular flexibility index (Phi) is 5.74. The van der Waals surface area contributed by atoms with Crippen LogP contribution in [0.3, 0.4) is 0 Å². The van der Waals surface area contributed by atoms with Gasteiger partial charge in [0.2, 0.25) is 5.95 Å². The zero-order valence-electron chi connectivity index (χ0n) is 15.5. The zero-order chi connectivity index (χ0) is 17.6. The van der Waals surface area contributed by atoms with E-state index >= 15 is 0 Å². The number of benzene rings is 1. The van der Waals surface area contributed by atoms with Crippen LogP contribution in [0.1, 0.15) is 38.8 Å². The zero-order valence-corrected chi connectivity index (χ0v) is 15.5. The van der Waals surface area contributed by atoms with Crippen molar-refractivity contribution in [2.75, 3.05) is 35.2 Å². The minimum atomic E-state index is 0.670. The maximum absolute atomic E-state index is 4.58. The Morgan fingerprint density at radius 3 is 2.48 bits per heavy atom. The summed E-state index contributed by atoms with van der Waals surface area (Å²) in [7, 11) is 0. The minimum absolute atomic E-state index is 0.670. The molecule has 5 nitrogen and oxygen atoms in total. The van der Waals surface area contributed by atoms with Gasteiger partial charge in [0, 0.05) is 42.8 Å². The maximum Gasteiger partial charge on any atom is 0.224 e. The Balaban J connectivity index is 1.64. The second-order valence-electron chi connectivity index (χ2n) is 7.19. The van der Waals surface area contributed by atoms with E-state index in [1.165, 1.54) is 31.6 Å². The van der Waals surface area contributed by atoms with Crippen LogP contribution in [-0.2, 0) is 0 Å². The Labute approximate surface area is 150 Å². The van der Waals surface area contributed by atoms with E-state index in [9.17, 15) is 0 Å². The molecule has 0 unspecified atom stereocenters. The lowest BCUT2D eigenvalue weighted by Crippen LogP contribution is -2.17. The number of nitrogens with zero attached hydrogens (tertiary/aromatic N) is 3. The lowest BCUT2D eigenvalue weighted by molar-refractivity contribution is 0.606. The second-order valence-corrected chi connectivity index (χ2v) is 7.19. The summed E-state index contributed by atoms with van der Waals surface area (Å²) in [5, 5.41) is 6.71. The van der Waals surface area contributed by atoms with Crippen molar-refractivity contribution in [3.05, 3.63) is 36.0 Å². The topological polar surface area (TPSA) is 53.1 Å². The van der Waals surface area contributed by atoms with E-state index < -0.39 is 0 Å². The normalized spacial score (nSPS) is 14.2. The molecule has 0 aliphatic carbocycles. The number of aromatic nitrogens is 2. The van der Waals surface area contributed by atoms with Crippen LogP contribution in [0, 0.1) is 12.8 Å². The third-order valence-corrected chi connectivity index (χ3v) is 4.47. The Morgan fingerprint density at radius 2 is 1.80 bits per heavy atom. The van der Waals surface area contributed by atoms with Crippen molar-refractivity contribution in [1.82, 2.24) is 9.97 Å². The van der Waals surface area contributed by atoms with E-state index in [1.807, 2.05) is 13.0 Å². The van der Waals surface area contributed by atoms with Gasteiger partial charge in [-0.15, -0.1) is 0 Å². The first kappa shape index (κ1) is 17.5. The van der Waals surface area contributed by atoms with E-state index in [4.69, 9.17) is 0 Å². The van der Waals surface area contributed by atoms with Crippen molar-refractivity contribution in [2.45, 2.75) is 40.0 Å². The van der Waals surface area contributed by atoms with Gasteiger partial charge in [-0.05, 0) is 56.4 Å². The van der Waals surface area contributed by atoms with Crippen LogP contribution in [0.5, 0.6) is 0 Å². The predicted molar refractivity (Wildman–Crippen MR) is 106 cm³/mol. The fourth-order valence-electron chi connectivity index (χ4n) is 3.06. The van der Waals surface area contributed by atoms with Crippen molar-refractivity contribution in [1.29, 1.82) is 0 Å². The van der Waals surface area contributed by atoms with Gasteiger partial charge in [0.25, 0.3) is 0 Å². The van der Waals surface area contributed by atoms with Gasteiger partial charge in [-0.25, -0.2) is 4.98 Å². The first-order chi connectivity index (χ1) is 12.1. The minimum Gasteiger partial charge on any atom is -0.372 e. The van der Waals surface area contributed by atoms with Crippen LogP contribution >= 0.6 is 0 Å². The van der Waals surface area contributed by atoms with Gasteiger partial charge in [-0.3, -0.25) is 0 Å². The predicted octanol–water partition coefficient (Wildman–Crippen LogP) is 4.59. The molecule has 2 aromatic rings. The highest BCUT2D eigenvalue weighted by Gasteiger charge is 2.12. The summed E-state index contributed by atoms with van der Waals surface area (Å²) in [4.78, 5) is 11.5. The Hall–Kier alpha value is -2.30. The van der Waals surface area contributed by atoms with Crippen LogP contribution < -0.4 is 15.5 Å². The summed E-state index contributed by atoms with van der Waals surface area (Å²) >= 11 is 0. The van der Waals surface area contributed by atoms with Gasteiger partial charge in [-0.2, -0.15) is 4.98 Å². The van der Waals surface area contributed by atoms with Gasteiger partial charge in [0.15, 0.2) is 0 Å². The van der Waals surface area contributed by atoms with Gasteiger partial charge in [0.1, 0.15) is 5.82 Å². The molecule has 3 rings (SSSR count). The highest BCUT2D eigenvalue weighted by atomic mass is 15.2. The molecule has 1 aromatic heterocycles. The van der Waals surface area contributed by atoms with Crippen molar-refractivity contribution >= 4 is 23.1 Å². The highest BCUT2D eigenvalue weighted by molar-refractivity contribution is 5.61. The number of anilines is 4. The molecule has 1 saturated heterocycles. The average molecular weight is 339 g/mol. The number of hydrogen-bond acceptors (Lipinski definition) is 5. The van der Waals surface area contributed by atoms with Crippen molar-refractivity contribution < 1.29 is 0 Å². The smallest absolute Gasteiger partial charge is 0.224 e. The SMILES string of the molecule is Cc1cc(Nc2ccc(N3CCCC3)cc2)nc(NCCC(C)C)n1. The molecule has 1 aliphatic heterocycles. The first-order valence-electron chi connectivity index (χ1n) is 9.32. The molecule has 0 saturated carbocycles. The highest BCUT2D eigenvalue weighted by Crippen LogP contribution is 2.24. The lowest BCUT2D eigenvalue weighted by atomic mass is 10.1. The number of rotatable bonds is 7. The lowest BCUT2D eigenvalue weighted by Gasteiger charge is -2.18. The van der Waals surface area contributed by atoms with Gasteiger partial charge in [0.05, 0.1) is 0 Å². The largest absolute Gasteiger partial charge is 0.372 e. The van der Waals surface area contributed by atoms with Crippen molar-refractivity contribution in [3.8, 4) is 0 Å². The maximum atomic E-state index is 4.58. The van der Waals surface area contributed by atoms with Crippen molar-refractivity contribution in [2.24, 2.45) is 5.92 Å². The van der Waals surface area contributed by atoms with Crippen LogP contribution in [-0.4, -0.2) is 29.6 Å². The standard InChI is InChI=1S/C20H29N5/c1-15(2)10-11-21-20-22-16(3)14-19(24-20)23-17-6-8-18(9-7-17)25-12-4-5-13-25/h6-9,14-15H,4-5,10-13H2,1-3H3,(H2,21,22,23,24). The van der Waals surface area contributed by atoms with Crippen molar-refractivity contribution in [3.63, 3.8) is 0 Å². The van der Waals surface area contributed by atoms with E-state index in [0.29, 0.717) is 11.9 Å². The molecule has 25 heavy (non-hydrogen) atoms. The van der Waals surface area contributed by atoms with Crippen LogP contribution in [0.15, 0.2) is 30.3 Å². The Bertz CT molecular complexity index is 675. The van der Waals surface area contributed by atoms with Crippen LogP contribution in [0.25, 0.3) is 0 Å². The molecule has 1 aromatic carbocycles. The molecular weight excluding hydrogens is 310 g/mol. The van der Waals surface area contributed by atoms with Gasteiger partial charge < -0.3 is 15.5 Å². The average Bonchev–Trinajstić information content (AvgIpc) is 3.09. The quantitative estimate of drug-likeness (QED) is 0.773. The molecule has 0 spiro atoms. The molecule has 5 heteroatoms. The molecule has 1 fully saturated rings. The monoisotopic (exact) mass is 339 g/mol. The molecule has 0 amide bonds. The van der Waals surface area contributed by atoms with Crippen LogP contribution in [0.2, 0.25) is 0 Å². The molecule has 1 aliphatic rings. The van der Waals surface area contributed by atoms with E-state index in [2.05, 4.69) is 63.6 Å². The molecule has 0 radical (unpaired) electrons. The van der Waals surface area contributed by atoms with E-state index in [-0.39, 0.29) is 0 Å². The molecule has 0 atom stereocenters. The summed E-state index contributed by atoms with van der Waals surface area (Å²) in [6.45, 7) is 9.67.